The monoisotopic (exact) mass is 559 g/mol. The van der Waals surface area contributed by atoms with Crippen LogP contribution < -0.4 is 14.4 Å². The van der Waals surface area contributed by atoms with Crippen molar-refractivity contribution < 1.29 is 18.3 Å². The predicted molar refractivity (Wildman–Crippen MR) is 152 cm³/mol. The highest BCUT2D eigenvalue weighted by Crippen LogP contribution is 2.30. The van der Waals surface area contributed by atoms with E-state index in [4.69, 9.17) is 25.5 Å². The molecule has 0 amide bonds. The van der Waals surface area contributed by atoms with Crippen LogP contribution in [0.1, 0.15) is 6.42 Å². The van der Waals surface area contributed by atoms with E-state index in [-0.39, 0.29) is 0 Å². The zero-order valence-corrected chi connectivity index (χ0v) is 22.4. The van der Waals surface area contributed by atoms with Crippen LogP contribution in [0.4, 0.5) is 10.3 Å². The Morgan fingerprint density at radius 1 is 0.850 bits per heavy atom. The van der Waals surface area contributed by atoms with Gasteiger partial charge in [-0.05, 0) is 67.1 Å². The molecule has 3 heterocycles. The van der Waals surface area contributed by atoms with Crippen molar-refractivity contribution in [2.75, 3.05) is 44.2 Å². The summed E-state index contributed by atoms with van der Waals surface area (Å²) in [5, 5.41) is 0.657. The van der Waals surface area contributed by atoms with E-state index in [2.05, 4.69) is 24.8 Å². The Morgan fingerprint density at radius 2 is 1.55 bits per heavy atom. The fourth-order valence-corrected chi connectivity index (χ4v) is 4.67. The summed E-state index contributed by atoms with van der Waals surface area (Å²) < 4.78 is 30.9. The number of ether oxygens (including phenoxy) is 2. The topological polar surface area (TPSA) is 76.8 Å². The van der Waals surface area contributed by atoms with Gasteiger partial charge in [0.25, 0.3) is 0 Å². The Hall–Kier alpha value is -4.21. The van der Waals surface area contributed by atoms with Crippen molar-refractivity contribution in [3.63, 3.8) is 0 Å². The van der Waals surface area contributed by atoms with Gasteiger partial charge in [0, 0.05) is 49.4 Å². The molecule has 2 aromatic heterocycles. The maximum atomic E-state index is 13.0. The highest BCUT2D eigenvalue weighted by Gasteiger charge is 2.18. The minimum atomic E-state index is -0.418. The summed E-state index contributed by atoms with van der Waals surface area (Å²) in [5.41, 5.74) is 2.27. The molecule has 1 fully saturated rings. The van der Waals surface area contributed by atoms with E-state index >= 15 is 0 Å². The highest BCUT2D eigenvalue weighted by molar-refractivity contribution is 6.30. The fourth-order valence-electron chi connectivity index (χ4n) is 4.54. The minimum Gasteiger partial charge on any atom is -0.494 e. The first-order valence-electron chi connectivity index (χ1n) is 13.1. The number of anilines is 1. The molecule has 3 aromatic carbocycles. The molecule has 1 aliphatic heterocycles. The largest absolute Gasteiger partial charge is 0.494 e. The molecule has 0 aliphatic carbocycles. The second-order valence-corrected chi connectivity index (χ2v) is 9.90. The number of benzene rings is 3. The molecular formula is C30H27ClFN5O3. The van der Waals surface area contributed by atoms with Gasteiger partial charge in [0.1, 0.15) is 22.8 Å². The number of aromatic nitrogens is 3. The molecule has 6 rings (SSSR count). The zero-order chi connectivity index (χ0) is 27.3. The van der Waals surface area contributed by atoms with Gasteiger partial charge in [-0.3, -0.25) is 4.90 Å². The normalized spacial score (nSPS) is 14.0. The summed E-state index contributed by atoms with van der Waals surface area (Å²) in [6.07, 6.45) is 3.34. The molecule has 8 nitrogen and oxygen atoms in total. The average Bonchev–Trinajstić information content (AvgIpc) is 3.41. The molecule has 0 unspecified atom stereocenters. The van der Waals surface area contributed by atoms with Gasteiger partial charge in [0.2, 0.25) is 11.8 Å². The number of rotatable bonds is 9. The van der Waals surface area contributed by atoms with Gasteiger partial charge in [0.15, 0.2) is 11.4 Å². The zero-order valence-electron chi connectivity index (χ0n) is 21.7. The van der Waals surface area contributed by atoms with Crippen molar-refractivity contribution >= 4 is 28.6 Å². The lowest BCUT2D eigenvalue weighted by atomic mass is 10.2. The lowest BCUT2D eigenvalue weighted by molar-refractivity contribution is 0.224. The van der Waals surface area contributed by atoms with Crippen LogP contribution in [0.2, 0.25) is 5.02 Å². The summed E-state index contributed by atoms with van der Waals surface area (Å²) in [6.45, 7) is 5.03. The molecule has 1 aliphatic rings. The summed E-state index contributed by atoms with van der Waals surface area (Å²) in [6, 6.07) is 20.5. The van der Waals surface area contributed by atoms with E-state index < -0.39 is 5.82 Å². The first-order chi connectivity index (χ1) is 19.6. The van der Waals surface area contributed by atoms with Crippen LogP contribution >= 0.6 is 11.6 Å². The number of halogens is 2. The standard InChI is InChI=1S/C30H27ClFN5O3/c31-22-4-8-25(9-5-22)39-26-10-11-27-28(18-26)40-29(35-27)21-2-6-24(7-3-21)38-17-1-12-36-13-15-37(16-14-36)30-33-19-23(32)20-34-30/h2-11,18-20H,1,12-17H2. The third-order valence-corrected chi connectivity index (χ3v) is 6.91. The van der Waals surface area contributed by atoms with Crippen LogP contribution in [0, 0.1) is 5.82 Å². The molecule has 0 atom stereocenters. The van der Waals surface area contributed by atoms with Gasteiger partial charge in [-0.1, -0.05) is 11.6 Å². The van der Waals surface area contributed by atoms with Crippen molar-refractivity contribution in [2.24, 2.45) is 0 Å². The number of hydrogen-bond acceptors (Lipinski definition) is 8. The SMILES string of the molecule is Fc1cnc(N2CCN(CCCOc3ccc(-c4nc5ccc(Oc6ccc(Cl)cc6)cc5o4)cc3)CC2)nc1. The van der Waals surface area contributed by atoms with Crippen LogP contribution in [0.5, 0.6) is 17.2 Å². The van der Waals surface area contributed by atoms with Crippen LogP contribution in [0.25, 0.3) is 22.6 Å². The van der Waals surface area contributed by atoms with Crippen LogP contribution in [0.15, 0.2) is 83.5 Å². The molecule has 10 heteroatoms. The van der Waals surface area contributed by atoms with Crippen LogP contribution in [-0.4, -0.2) is 59.2 Å². The molecule has 1 saturated heterocycles. The maximum absolute atomic E-state index is 13.0. The highest BCUT2D eigenvalue weighted by atomic mass is 35.5. The van der Waals surface area contributed by atoms with Gasteiger partial charge in [-0.2, -0.15) is 0 Å². The van der Waals surface area contributed by atoms with Crippen LogP contribution in [-0.2, 0) is 0 Å². The predicted octanol–water partition coefficient (Wildman–Crippen LogP) is 6.46. The van der Waals surface area contributed by atoms with Crippen molar-refractivity contribution in [1.82, 2.24) is 19.9 Å². The number of piperazine rings is 1. The Labute approximate surface area is 236 Å². The summed E-state index contributed by atoms with van der Waals surface area (Å²) in [4.78, 5) is 17.2. The summed E-state index contributed by atoms with van der Waals surface area (Å²) >= 11 is 5.95. The minimum absolute atomic E-state index is 0.418. The first-order valence-corrected chi connectivity index (χ1v) is 13.5. The summed E-state index contributed by atoms with van der Waals surface area (Å²) in [7, 11) is 0. The molecule has 0 saturated carbocycles. The Balaban J connectivity index is 0.971. The van der Waals surface area contributed by atoms with Crippen molar-refractivity contribution in [3.05, 3.63) is 90.0 Å². The Bertz CT molecular complexity index is 1550. The summed E-state index contributed by atoms with van der Waals surface area (Å²) in [5.74, 6) is 2.85. The van der Waals surface area contributed by atoms with Gasteiger partial charge >= 0.3 is 0 Å². The number of nitrogens with zero attached hydrogens (tertiary/aromatic N) is 5. The molecule has 0 bridgehead atoms. The lowest BCUT2D eigenvalue weighted by Crippen LogP contribution is -2.47. The number of oxazole rings is 1. The van der Waals surface area contributed by atoms with E-state index in [1.807, 2.05) is 54.6 Å². The van der Waals surface area contributed by atoms with Gasteiger partial charge in [-0.15, -0.1) is 0 Å². The lowest BCUT2D eigenvalue weighted by Gasteiger charge is -2.34. The van der Waals surface area contributed by atoms with E-state index in [9.17, 15) is 4.39 Å². The van der Waals surface area contributed by atoms with E-state index in [0.717, 1.165) is 56.0 Å². The van der Waals surface area contributed by atoms with Gasteiger partial charge < -0.3 is 18.8 Å². The van der Waals surface area contributed by atoms with E-state index in [1.54, 1.807) is 12.1 Å². The molecular weight excluding hydrogens is 533 g/mol. The molecule has 40 heavy (non-hydrogen) atoms. The Morgan fingerprint density at radius 3 is 2.30 bits per heavy atom. The van der Waals surface area contributed by atoms with E-state index in [0.29, 0.717) is 40.6 Å². The molecule has 5 aromatic rings. The maximum Gasteiger partial charge on any atom is 0.227 e. The van der Waals surface area contributed by atoms with E-state index in [1.165, 1.54) is 12.4 Å². The second kappa shape index (κ2) is 11.9. The number of hydrogen-bond donors (Lipinski definition) is 0. The van der Waals surface area contributed by atoms with Gasteiger partial charge in [-0.25, -0.2) is 19.3 Å². The van der Waals surface area contributed by atoms with Crippen molar-refractivity contribution in [2.45, 2.75) is 6.42 Å². The molecule has 0 spiro atoms. The third-order valence-electron chi connectivity index (χ3n) is 6.66. The number of fused-ring (bicyclic) bond motifs is 1. The fraction of sp³-hybridized carbons (Fsp3) is 0.233. The molecule has 0 N–H and O–H groups in total. The second-order valence-electron chi connectivity index (χ2n) is 9.46. The Kier molecular flexibility index (Phi) is 7.74. The van der Waals surface area contributed by atoms with Crippen molar-refractivity contribution in [1.29, 1.82) is 0 Å². The quantitative estimate of drug-likeness (QED) is 0.190. The first kappa shape index (κ1) is 26.0. The van der Waals surface area contributed by atoms with Gasteiger partial charge in [0.05, 0.1) is 19.0 Å². The van der Waals surface area contributed by atoms with Crippen LogP contribution in [0.3, 0.4) is 0 Å². The average molecular weight is 560 g/mol. The molecule has 204 valence electrons. The van der Waals surface area contributed by atoms with Crippen molar-refractivity contribution in [3.8, 4) is 28.7 Å². The third kappa shape index (κ3) is 6.32. The smallest absolute Gasteiger partial charge is 0.227 e. The molecule has 0 radical (unpaired) electrons.